The van der Waals surface area contributed by atoms with Gasteiger partial charge in [-0.2, -0.15) is 0 Å². The number of ether oxygens (including phenoxy) is 2. The summed E-state index contributed by atoms with van der Waals surface area (Å²) in [6.45, 7) is 6.39. The molecule has 1 aromatic carbocycles. The van der Waals surface area contributed by atoms with Crippen molar-refractivity contribution in [3.8, 4) is 0 Å². The second kappa shape index (κ2) is 9.38. The summed E-state index contributed by atoms with van der Waals surface area (Å²) in [5.74, 6) is 0. The van der Waals surface area contributed by atoms with Crippen LogP contribution in [-0.2, 0) is 9.47 Å². The van der Waals surface area contributed by atoms with Gasteiger partial charge in [0.05, 0.1) is 13.2 Å². The van der Waals surface area contributed by atoms with Crippen molar-refractivity contribution in [2.24, 2.45) is 0 Å². The van der Waals surface area contributed by atoms with E-state index in [1.807, 2.05) is 17.0 Å². The lowest BCUT2D eigenvalue weighted by Gasteiger charge is -2.36. The minimum absolute atomic E-state index is 0.0672. The largest absolute Gasteiger partial charge is 0.381 e. The highest BCUT2D eigenvalue weighted by atomic mass is 35.5. The Morgan fingerprint density at radius 1 is 1.20 bits per heavy atom. The number of hydrogen-bond donors (Lipinski definition) is 1. The molecule has 0 aromatic heterocycles. The summed E-state index contributed by atoms with van der Waals surface area (Å²) >= 11 is 6.02. The molecule has 7 heteroatoms. The highest BCUT2D eigenvalue weighted by Gasteiger charge is 2.26. The van der Waals surface area contributed by atoms with Crippen molar-refractivity contribution in [3.05, 3.63) is 29.3 Å². The van der Waals surface area contributed by atoms with E-state index in [0.717, 1.165) is 51.4 Å². The Labute approximate surface area is 154 Å². The number of anilines is 1. The quantitative estimate of drug-likeness (QED) is 0.869. The summed E-state index contributed by atoms with van der Waals surface area (Å²) in [4.78, 5) is 17.2. The fraction of sp³-hybridized carbons (Fsp3) is 0.611. The number of nitrogens with one attached hydrogen (secondary N) is 1. The molecule has 6 nitrogen and oxygen atoms in total. The maximum absolute atomic E-state index is 12.9. The molecular formula is C18H26ClN3O3. The van der Waals surface area contributed by atoms with E-state index in [4.69, 9.17) is 21.1 Å². The average molecular weight is 368 g/mol. The predicted molar refractivity (Wildman–Crippen MR) is 98.3 cm³/mol. The van der Waals surface area contributed by atoms with Crippen LogP contribution in [0.25, 0.3) is 0 Å². The highest BCUT2D eigenvalue weighted by molar-refractivity contribution is 6.30. The summed E-state index contributed by atoms with van der Waals surface area (Å²) in [7, 11) is 0. The second-order valence-corrected chi connectivity index (χ2v) is 6.87. The standard InChI is InChI=1S/C18H26ClN3O3/c19-15-2-1-3-16(14-15)20-18(23)22(17-4-10-24-11-5-17)7-6-21-8-12-25-13-9-21/h1-3,14,17H,4-13H2,(H,20,23). The molecular weight excluding hydrogens is 342 g/mol. The number of nitrogens with zero attached hydrogens (tertiary/aromatic N) is 2. The molecule has 2 saturated heterocycles. The maximum Gasteiger partial charge on any atom is 0.322 e. The smallest absolute Gasteiger partial charge is 0.322 e. The fourth-order valence-electron chi connectivity index (χ4n) is 3.28. The lowest BCUT2D eigenvalue weighted by Crippen LogP contribution is -2.49. The number of amides is 2. The van der Waals surface area contributed by atoms with Gasteiger partial charge in [-0.15, -0.1) is 0 Å². The average Bonchev–Trinajstić information content (AvgIpc) is 2.64. The molecule has 0 atom stereocenters. The monoisotopic (exact) mass is 367 g/mol. The summed E-state index contributed by atoms with van der Waals surface area (Å²) in [5, 5.41) is 3.60. The molecule has 0 radical (unpaired) electrons. The lowest BCUT2D eigenvalue weighted by molar-refractivity contribution is 0.0238. The first kappa shape index (κ1) is 18.5. The highest BCUT2D eigenvalue weighted by Crippen LogP contribution is 2.19. The van der Waals surface area contributed by atoms with E-state index in [2.05, 4.69) is 10.2 Å². The third-order valence-electron chi connectivity index (χ3n) is 4.73. The van der Waals surface area contributed by atoms with E-state index >= 15 is 0 Å². The van der Waals surface area contributed by atoms with Crippen LogP contribution in [0.4, 0.5) is 10.5 Å². The molecule has 0 unspecified atom stereocenters. The molecule has 2 fully saturated rings. The van der Waals surface area contributed by atoms with E-state index in [1.54, 1.807) is 12.1 Å². The zero-order valence-electron chi connectivity index (χ0n) is 14.5. The third kappa shape index (κ3) is 5.57. The van der Waals surface area contributed by atoms with Crippen LogP contribution >= 0.6 is 11.6 Å². The molecule has 1 aromatic rings. The van der Waals surface area contributed by atoms with Crippen molar-refractivity contribution in [2.45, 2.75) is 18.9 Å². The van der Waals surface area contributed by atoms with Crippen molar-refractivity contribution in [1.29, 1.82) is 0 Å². The van der Waals surface area contributed by atoms with Crippen molar-refractivity contribution in [2.75, 3.05) is 57.9 Å². The van der Waals surface area contributed by atoms with Gasteiger partial charge < -0.3 is 19.7 Å². The van der Waals surface area contributed by atoms with Crippen LogP contribution in [0.15, 0.2) is 24.3 Å². The third-order valence-corrected chi connectivity index (χ3v) is 4.96. The normalized spacial score (nSPS) is 19.6. The van der Waals surface area contributed by atoms with Gasteiger partial charge in [-0.25, -0.2) is 4.79 Å². The molecule has 2 heterocycles. The molecule has 1 N–H and O–H groups in total. The van der Waals surface area contributed by atoms with Crippen LogP contribution in [0.1, 0.15) is 12.8 Å². The Balaban J connectivity index is 1.62. The Morgan fingerprint density at radius 2 is 1.92 bits per heavy atom. The fourth-order valence-corrected chi connectivity index (χ4v) is 3.47. The molecule has 0 saturated carbocycles. The summed E-state index contributed by atoms with van der Waals surface area (Å²) in [5.41, 5.74) is 0.723. The number of carbonyl (C=O) groups excluding carboxylic acids is 1. The van der Waals surface area contributed by atoms with E-state index < -0.39 is 0 Å². The molecule has 25 heavy (non-hydrogen) atoms. The van der Waals surface area contributed by atoms with Gasteiger partial charge in [0, 0.05) is 56.1 Å². The maximum atomic E-state index is 12.9. The number of urea groups is 1. The first-order valence-corrected chi connectivity index (χ1v) is 9.31. The first-order valence-electron chi connectivity index (χ1n) is 8.93. The topological polar surface area (TPSA) is 54.0 Å². The molecule has 3 rings (SSSR count). The number of carbonyl (C=O) groups is 1. The summed E-state index contributed by atoms with van der Waals surface area (Å²) in [6, 6.07) is 7.41. The molecule has 0 aliphatic carbocycles. The van der Waals surface area contributed by atoms with Gasteiger partial charge in [-0.05, 0) is 31.0 Å². The van der Waals surface area contributed by atoms with Crippen molar-refractivity contribution in [1.82, 2.24) is 9.80 Å². The van der Waals surface area contributed by atoms with Gasteiger partial charge >= 0.3 is 6.03 Å². The number of benzene rings is 1. The SMILES string of the molecule is O=C(Nc1cccc(Cl)c1)N(CCN1CCOCC1)C1CCOCC1. The van der Waals surface area contributed by atoms with Crippen molar-refractivity contribution >= 4 is 23.3 Å². The van der Waals surface area contributed by atoms with Crippen LogP contribution in [-0.4, -0.2) is 74.5 Å². The van der Waals surface area contributed by atoms with Crippen molar-refractivity contribution < 1.29 is 14.3 Å². The molecule has 2 aliphatic rings. The molecule has 0 bridgehead atoms. The van der Waals surface area contributed by atoms with E-state index in [0.29, 0.717) is 24.8 Å². The van der Waals surface area contributed by atoms with Gasteiger partial charge in [-0.3, -0.25) is 4.90 Å². The van der Waals surface area contributed by atoms with Gasteiger partial charge in [0.15, 0.2) is 0 Å². The van der Waals surface area contributed by atoms with Crippen LogP contribution in [0, 0.1) is 0 Å². The molecule has 0 spiro atoms. The van der Waals surface area contributed by atoms with E-state index in [-0.39, 0.29) is 12.1 Å². The minimum Gasteiger partial charge on any atom is -0.381 e. The van der Waals surface area contributed by atoms with Crippen LogP contribution in [0.2, 0.25) is 5.02 Å². The van der Waals surface area contributed by atoms with Crippen LogP contribution in [0.5, 0.6) is 0 Å². The zero-order chi connectivity index (χ0) is 17.5. The second-order valence-electron chi connectivity index (χ2n) is 6.43. The zero-order valence-corrected chi connectivity index (χ0v) is 15.2. The van der Waals surface area contributed by atoms with E-state index in [1.165, 1.54) is 0 Å². The Morgan fingerprint density at radius 3 is 2.64 bits per heavy atom. The number of rotatable bonds is 5. The number of hydrogen-bond acceptors (Lipinski definition) is 4. The van der Waals surface area contributed by atoms with Crippen LogP contribution < -0.4 is 5.32 Å². The summed E-state index contributed by atoms with van der Waals surface area (Å²) < 4.78 is 10.9. The van der Waals surface area contributed by atoms with Crippen molar-refractivity contribution in [3.63, 3.8) is 0 Å². The predicted octanol–water partition coefficient (Wildman–Crippen LogP) is 2.69. The molecule has 2 amide bonds. The minimum atomic E-state index is -0.0672. The number of halogens is 1. The van der Waals surface area contributed by atoms with Gasteiger partial charge in [0.2, 0.25) is 0 Å². The Kier molecular flexibility index (Phi) is 6.93. The van der Waals surface area contributed by atoms with Gasteiger partial charge in [0.1, 0.15) is 0 Å². The van der Waals surface area contributed by atoms with E-state index in [9.17, 15) is 4.79 Å². The Hall–Kier alpha value is -1.34. The molecule has 2 aliphatic heterocycles. The van der Waals surface area contributed by atoms with Gasteiger partial charge in [-0.1, -0.05) is 17.7 Å². The lowest BCUT2D eigenvalue weighted by atomic mass is 10.1. The molecule has 138 valence electrons. The summed E-state index contributed by atoms with van der Waals surface area (Å²) in [6.07, 6.45) is 1.76. The Bertz CT molecular complexity index is 560. The van der Waals surface area contributed by atoms with Gasteiger partial charge in [0.25, 0.3) is 0 Å². The first-order chi connectivity index (χ1) is 12.2. The number of morpholine rings is 1. The van der Waals surface area contributed by atoms with Crippen LogP contribution in [0.3, 0.4) is 0 Å².